The van der Waals surface area contributed by atoms with Crippen LogP contribution in [0, 0.1) is 0 Å². The molecular weight excluding hydrogens is 338 g/mol. The molecule has 0 aliphatic carbocycles. The molecule has 0 saturated heterocycles. The smallest absolute Gasteiger partial charge is 0.338 e. The summed E-state index contributed by atoms with van der Waals surface area (Å²) in [5, 5.41) is 3.57. The summed E-state index contributed by atoms with van der Waals surface area (Å²) in [6.45, 7) is 2.09. The molecule has 3 aromatic rings. The molecule has 1 N–H and O–H groups in total. The van der Waals surface area contributed by atoms with Crippen LogP contribution in [-0.4, -0.2) is 33.6 Å². The highest BCUT2D eigenvalue weighted by Gasteiger charge is 2.09. The summed E-state index contributed by atoms with van der Waals surface area (Å²) in [5.41, 5.74) is 2.07. The average molecular weight is 355 g/mol. The highest BCUT2D eigenvalue weighted by molar-refractivity contribution is 7.99. The van der Waals surface area contributed by atoms with E-state index in [0.717, 1.165) is 10.7 Å². The molecular formula is C18H17N3O3S. The van der Waals surface area contributed by atoms with E-state index in [1.165, 1.54) is 11.8 Å². The summed E-state index contributed by atoms with van der Waals surface area (Å²) < 4.78 is 6.86. The maximum absolute atomic E-state index is 12.1. The fourth-order valence-electron chi connectivity index (χ4n) is 2.26. The Morgan fingerprint density at radius 1 is 1.20 bits per heavy atom. The molecule has 0 fully saturated rings. The van der Waals surface area contributed by atoms with Gasteiger partial charge in [0, 0.05) is 11.9 Å². The van der Waals surface area contributed by atoms with Crippen LogP contribution in [0.2, 0.25) is 0 Å². The minimum absolute atomic E-state index is 0.137. The molecule has 0 unspecified atom stereocenters. The van der Waals surface area contributed by atoms with E-state index in [-0.39, 0.29) is 17.6 Å². The van der Waals surface area contributed by atoms with Crippen molar-refractivity contribution in [3.63, 3.8) is 0 Å². The van der Waals surface area contributed by atoms with Crippen molar-refractivity contribution >= 4 is 34.8 Å². The highest BCUT2D eigenvalue weighted by atomic mass is 32.2. The fraction of sp³-hybridized carbons (Fsp3) is 0.167. The van der Waals surface area contributed by atoms with E-state index in [2.05, 4.69) is 10.3 Å². The Morgan fingerprint density at radius 2 is 2.00 bits per heavy atom. The van der Waals surface area contributed by atoms with Gasteiger partial charge in [0.15, 0.2) is 5.16 Å². The van der Waals surface area contributed by atoms with Crippen LogP contribution in [0.1, 0.15) is 17.3 Å². The number of benzene rings is 1. The van der Waals surface area contributed by atoms with Gasteiger partial charge in [-0.1, -0.05) is 17.8 Å². The van der Waals surface area contributed by atoms with Crippen LogP contribution in [0.4, 0.5) is 5.69 Å². The lowest BCUT2D eigenvalue weighted by Crippen LogP contribution is -2.14. The van der Waals surface area contributed by atoms with Crippen molar-refractivity contribution in [2.24, 2.45) is 0 Å². The van der Waals surface area contributed by atoms with Gasteiger partial charge >= 0.3 is 5.97 Å². The molecule has 0 aliphatic heterocycles. The summed E-state index contributed by atoms with van der Waals surface area (Å²) in [5.74, 6) is -0.267. The number of pyridine rings is 1. The second-order valence-corrected chi connectivity index (χ2v) is 6.11. The molecule has 0 radical (unpaired) electrons. The molecule has 1 aromatic carbocycles. The highest BCUT2D eigenvalue weighted by Crippen LogP contribution is 2.19. The van der Waals surface area contributed by atoms with Crippen molar-refractivity contribution < 1.29 is 14.3 Å². The number of nitrogens with zero attached hydrogens (tertiary/aromatic N) is 2. The van der Waals surface area contributed by atoms with Gasteiger partial charge in [0.1, 0.15) is 0 Å². The van der Waals surface area contributed by atoms with Gasteiger partial charge in [-0.15, -0.1) is 0 Å². The summed E-state index contributed by atoms with van der Waals surface area (Å²) in [6.07, 6.45) is 3.69. The maximum Gasteiger partial charge on any atom is 0.338 e. The number of aromatic nitrogens is 2. The second kappa shape index (κ2) is 7.85. The Hall–Kier alpha value is -2.80. The van der Waals surface area contributed by atoms with Crippen molar-refractivity contribution in [1.29, 1.82) is 0 Å². The predicted molar refractivity (Wildman–Crippen MR) is 96.9 cm³/mol. The van der Waals surface area contributed by atoms with Gasteiger partial charge in [-0.25, -0.2) is 9.78 Å². The first kappa shape index (κ1) is 17.0. The third-order valence-electron chi connectivity index (χ3n) is 3.42. The van der Waals surface area contributed by atoms with E-state index < -0.39 is 0 Å². The minimum atomic E-state index is -0.373. The molecule has 25 heavy (non-hydrogen) atoms. The van der Waals surface area contributed by atoms with Crippen molar-refractivity contribution in [2.45, 2.75) is 12.1 Å². The molecule has 6 nitrogen and oxygen atoms in total. The monoisotopic (exact) mass is 355 g/mol. The van der Waals surface area contributed by atoms with Crippen LogP contribution >= 0.6 is 11.8 Å². The number of esters is 1. The summed E-state index contributed by atoms with van der Waals surface area (Å²) in [6, 6.07) is 12.4. The molecule has 3 rings (SSSR count). The lowest BCUT2D eigenvalue weighted by Gasteiger charge is -2.06. The van der Waals surface area contributed by atoms with Gasteiger partial charge in [-0.2, -0.15) is 0 Å². The first-order valence-electron chi connectivity index (χ1n) is 7.79. The zero-order chi connectivity index (χ0) is 17.6. The van der Waals surface area contributed by atoms with Gasteiger partial charge in [-0.05, 0) is 43.3 Å². The molecule has 0 saturated carbocycles. The Balaban J connectivity index is 1.56. The number of carbonyl (C=O) groups is 2. The van der Waals surface area contributed by atoms with Crippen LogP contribution in [0.5, 0.6) is 0 Å². The van der Waals surface area contributed by atoms with Crippen molar-refractivity contribution in [3.8, 4) is 0 Å². The molecule has 0 bridgehead atoms. The van der Waals surface area contributed by atoms with Crippen molar-refractivity contribution in [1.82, 2.24) is 9.38 Å². The largest absolute Gasteiger partial charge is 0.462 e. The van der Waals surface area contributed by atoms with E-state index in [1.54, 1.807) is 37.4 Å². The third kappa shape index (κ3) is 4.19. The quantitative estimate of drug-likeness (QED) is 0.543. The normalized spacial score (nSPS) is 10.6. The van der Waals surface area contributed by atoms with E-state index in [9.17, 15) is 9.59 Å². The van der Waals surface area contributed by atoms with Gasteiger partial charge in [0.05, 0.1) is 29.6 Å². The number of rotatable bonds is 6. The van der Waals surface area contributed by atoms with E-state index in [4.69, 9.17) is 4.74 Å². The van der Waals surface area contributed by atoms with E-state index >= 15 is 0 Å². The molecule has 7 heteroatoms. The number of ether oxygens (including phenoxy) is 1. The lowest BCUT2D eigenvalue weighted by atomic mass is 10.2. The summed E-state index contributed by atoms with van der Waals surface area (Å²) >= 11 is 1.36. The number of carbonyl (C=O) groups excluding carboxylic acids is 2. The Morgan fingerprint density at radius 3 is 2.76 bits per heavy atom. The van der Waals surface area contributed by atoms with Crippen LogP contribution in [0.25, 0.3) is 5.52 Å². The van der Waals surface area contributed by atoms with Crippen LogP contribution in [-0.2, 0) is 9.53 Å². The molecule has 2 aromatic heterocycles. The first-order chi connectivity index (χ1) is 12.2. The summed E-state index contributed by atoms with van der Waals surface area (Å²) in [7, 11) is 0. The molecule has 128 valence electrons. The molecule has 0 spiro atoms. The topological polar surface area (TPSA) is 72.7 Å². The Labute approximate surface area is 149 Å². The van der Waals surface area contributed by atoms with Gasteiger partial charge in [-0.3, -0.25) is 9.20 Å². The number of hydrogen-bond acceptors (Lipinski definition) is 5. The van der Waals surface area contributed by atoms with E-state index in [1.807, 2.05) is 28.8 Å². The zero-order valence-electron chi connectivity index (χ0n) is 13.6. The van der Waals surface area contributed by atoms with Gasteiger partial charge in [0.2, 0.25) is 5.91 Å². The Bertz CT molecular complexity index is 890. The standard InChI is InChI=1S/C18H17N3O3S/c1-2-24-17(23)13-6-8-14(9-7-13)20-16(22)12-25-18-19-11-15-5-3-4-10-21(15)18/h3-11H,2,12H2,1H3,(H,20,22). The number of imidazole rings is 1. The number of fused-ring (bicyclic) bond motifs is 1. The van der Waals surface area contributed by atoms with Gasteiger partial charge in [0.25, 0.3) is 0 Å². The summed E-state index contributed by atoms with van der Waals surface area (Å²) in [4.78, 5) is 28.0. The predicted octanol–water partition coefficient (Wildman–Crippen LogP) is 3.24. The van der Waals surface area contributed by atoms with Crippen molar-refractivity contribution in [2.75, 3.05) is 17.7 Å². The van der Waals surface area contributed by atoms with Gasteiger partial charge < -0.3 is 10.1 Å². The number of anilines is 1. The number of hydrogen-bond donors (Lipinski definition) is 1. The molecule has 1 amide bonds. The third-order valence-corrected chi connectivity index (χ3v) is 4.38. The molecule has 0 aliphatic rings. The molecule has 2 heterocycles. The fourth-order valence-corrected chi connectivity index (χ4v) is 3.02. The minimum Gasteiger partial charge on any atom is -0.462 e. The average Bonchev–Trinajstić information content (AvgIpc) is 3.04. The lowest BCUT2D eigenvalue weighted by molar-refractivity contribution is -0.113. The van der Waals surface area contributed by atoms with Crippen LogP contribution in [0.3, 0.4) is 0 Å². The second-order valence-electron chi connectivity index (χ2n) is 5.17. The van der Waals surface area contributed by atoms with Crippen LogP contribution < -0.4 is 5.32 Å². The van der Waals surface area contributed by atoms with Crippen LogP contribution in [0.15, 0.2) is 60.0 Å². The maximum atomic E-state index is 12.1. The van der Waals surface area contributed by atoms with Crippen molar-refractivity contribution in [3.05, 3.63) is 60.4 Å². The number of amides is 1. The number of thioether (sulfide) groups is 1. The zero-order valence-corrected chi connectivity index (χ0v) is 14.5. The first-order valence-corrected chi connectivity index (χ1v) is 8.78. The molecule has 0 atom stereocenters. The number of nitrogens with one attached hydrogen (secondary N) is 1. The Kier molecular flexibility index (Phi) is 5.35. The van der Waals surface area contributed by atoms with E-state index in [0.29, 0.717) is 17.9 Å². The SMILES string of the molecule is CCOC(=O)c1ccc(NC(=O)CSc2ncc3ccccn23)cc1.